The van der Waals surface area contributed by atoms with Crippen molar-refractivity contribution in [2.75, 3.05) is 0 Å². The van der Waals surface area contributed by atoms with Crippen LogP contribution >= 0.6 is 35.0 Å². The molecule has 2 aromatic carbocycles. The van der Waals surface area contributed by atoms with Gasteiger partial charge in [0.2, 0.25) is 0 Å². The van der Waals surface area contributed by atoms with Gasteiger partial charge in [0.25, 0.3) is 16.8 Å². The summed E-state index contributed by atoms with van der Waals surface area (Å²) >= 11 is 13.0. The van der Waals surface area contributed by atoms with Crippen molar-refractivity contribution in [3.8, 4) is 0 Å². The van der Waals surface area contributed by atoms with Crippen molar-refractivity contribution >= 4 is 57.9 Å². The fourth-order valence-corrected chi connectivity index (χ4v) is 3.90. The lowest BCUT2D eigenvalue weighted by Gasteiger charge is -2.14. The minimum Gasteiger partial charge on any atom is -0.268 e. The number of halogens is 2. The van der Waals surface area contributed by atoms with E-state index in [-0.39, 0.29) is 17.1 Å². The third-order valence-corrected chi connectivity index (χ3v) is 5.59. The standard InChI is InChI=1S/C18H12Cl2N2O4S/c1-10-5-6-11(7-15(10)22(25)26)8-16-17(23)21(18(24)27-16)9-12-13(19)3-2-4-14(12)20/h2-8H,9H2,1H3/b16-8-. The van der Waals surface area contributed by atoms with Crippen LogP contribution in [0.15, 0.2) is 41.3 Å². The van der Waals surface area contributed by atoms with Gasteiger partial charge < -0.3 is 0 Å². The topological polar surface area (TPSA) is 80.5 Å². The Balaban J connectivity index is 1.89. The molecule has 0 N–H and O–H groups in total. The van der Waals surface area contributed by atoms with Gasteiger partial charge in [-0.15, -0.1) is 0 Å². The predicted molar refractivity (Wildman–Crippen MR) is 106 cm³/mol. The van der Waals surface area contributed by atoms with Crippen molar-refractivity contribution in [3.63, 3.8) is 0 Å². The summed E-state index contributed by atoms with van der Waals surface area (Å²) in [7, 11) is 0. The number of nitro benzene ring substituents is 1. The molecule has 138 valence electrons. The van der Waals surface area contributed by atoms with E-state index in [2.05, 4.69) is 0 Å². The molecule has 2 aromatic rings. The average Bonchev–Trinajstić information content (AvgIpc) is 2.86. The maximum Gasteiger partial charge on any atom is 0.293 e. The van der Waals surface area contributed by atoms with Crippen LogP contribution in [0, 0.1) is 17.0 Å². The molecule has 6 nitrogen and oxygen atoms in total. The number of aryl methyl sites for hydroxylation is 1. The molecule has 1 fully saturated rings. The SMILES string of the molecule is Cc1ccc(/C=C2\SC(=O)N(Cc3c(Cl)cccc3Cl)C2=O)cc1[N+](=O)[O-]. The highest BCUT2D eigenvalue weighted by atomic mass is 35.5. The lowest BCUT2D eigenvalue weighted by molar-refractivity contribution is -0.385. The van der Waals surface area contributed by atoms with Crippen molar-refractivity contribution in [2.24, 2.45) is 0 Å². The molecule has 27 heavy (non-hydrogen) atoms. The molecule has 3 rings (SSSR count). The van der Waals surface area contributed by atoms with E-state index < -0.39 is 16.1 Å². The molecule has 0 radical (unpaired) electrons. The van der Waals surface area contributed by atoms with Gasteiger partial charge in [-0.2, -0.15) is 0 Å². The number of hydrogen-bond donors (Lipinski definition) is 0. The third-order valence-electron chi connectivity index (χ3n) is 3.98. The Morgan fingerprint density at radius 1 is 1.19 bits per heavy atom. The molecule has 1 saturated heterocycles. The third kappa shape index (κ3) is 4.00. The van der Waals surface area contributed by atoms with Crippen LogP contribution in [0.4, 0.5) is 10.5 Å². The number of nitrogens with zero attached hydrogens (tertiary/aromatic N) is 2. The van der Waals surface area contributed by atoms with Gasteiger partial charge in [0.1, 0.15) is 0 Å². The molecule has 0 atom stereocenters. The van der Waals surface area contributed by atoms with E-state index in [0.717, 1.165) is 16.7 Å². The number of carbonyl (C=O) groups is 2. The van der Waals surface area contributed by atoms with Gasteiger partial charge in [-0.3, -0.25) is 24.6 Å². The monoisotopic (exact) mass is 422 g/mol. The molecule has 1 heterocycles. The van der Waals surface area contributed by atoms with Gasteiger partial charge >= 0.3 is 0 Å². The zero-order valence-electron chi connectivity index (χ0n) is 13.9. The van der Waals surface area contributed by atoms with E-state index in [1.807, 2.05) is 0 Å². The maximum absolute atomic E-state index is 12.6. The molecule has 1 aliphatic rings. The molecule has 0 aliphatic carbocycles. The van der Waals surface area contributed by atoms with Crippen LogP contribution < -0.4 is 0 Å². The van der Waals surface area contributed by atoms with Crippen molar-refractivity contribution in [1.29, 1.82) is 0 Å². The highest BCUT2D eigenvalue weighted by Crippen LogP contribution is 2.36. The van der Waals surface area contributed by atoms with Crippen LogP contribution in [-0.4, -0.2) is 21.0 Å². The summed E-state index contributed by atoms with van der Waals surface area (Å²) in [6.07, 6.45) is 1.46. The Hall–Kier alpha value is -2.35. The van der Waals surface area contributed by atoms with Gasteiger partial charge in [-0.1, -0.05) is 41.4 Å². The number of nitro groups is 1. The minimum absolute atomic E-state index is 0.0471. The Morgan fingerprint density at radius 2 is 1.85 bits per heavy atom. The summed E-state index contributed by atoms with van der Waals surface area (Å²) in [6.45, 7) is 1.58. The number of hydrogen-bond acceptors (Lipinski definition) is 5. The second kappa shape index (κ2) is 7.72. The summed E-state index contributed by atoms with van der Waals surface area (Å²) in [5, 5.41) is 11.3. The largest absolute Gasteiger partial charge is 0.293 e. The first-order chi connectivity index (χ1) is 12.8. The van der Waals surface area contributed by atoms with E-state index in [1.54, 1.807) is 37.3 Å². The van der Waals surface area contributed by atoms with Crippen LogP contribution in [0.2, 0.25) is 10.0 Å². The summed E-state index contributed by atoms with van der Waals surface area (Å²) in [4.78, 5) is 36.7. The predicted octanol–water partition coefficient (Wildman–Crippen LogP) is 5.45. The second-order valence-corrected chi connectivity index (χ2v) is 7.58. The molecule has 1 aliphatic heterocycles. The molecule has 0 unspecified atom stereocenters. The summed E-state index contributed by atoms with van der Waals surface area (Å²) in [6, 6.07) is 9.55. The first kappa shape index (κ1) is 19.4. The molecule has 0 spiro atoms. The Bertz CT molecular complexity index is 987. The zero-order valence-corrected chi connectivity index (χ0v) is 16.3. The quantitative estimate of drug-likeness (QED) is 0.371. The first-order valence-electron chi connectivity index (χ1n) is 7.71. The smallest absolute Gasteiger partial charge is 0.268 e. The molecular formula is C18H12Cl2N2O4S. The van der Waals surface area contributed by atoms with E-state index in [1.165, 1.54) is 12.1 Å². The van der Waals surface area contributed by atoms with Crippen LogP contribution in [0.3, 0.4) is 0 Å². The van der Waals surface area contributed by atoms with Gasteiger partial charge in [0.05, 0.1) is 16.4 Å². The fourth-order valence-electron chi connectivity index (χ4n) is 2.54. The van der Waals surface area contributed by atoms with Gasteiger partial charge in [-0.05, 0) is 42.5 Å². The number of imide groups is 1. The maximum atomic E-state index is 12.6. The lowest BCUT2D eigenvalue weighted by Crippen LogP contribution is -2.27. The second-order valence-electron chi connectivity index (χ2n) is 5.77. The van der Waals surface area contributed by atoms with Crippen LogP contribution in [0.1, 0.15) is 16.7 Å². The first-order valence-corrected chi connectivity index (χ1v) is 9.28. The average molecular weight is 423 g/mol. The number of carbonyl (C=O) groups excluding carboxylic acids is 2. The van der Waals surface area contributed by atoms with Crippen LogP contribution in [0.5, 0.6) is 0 Å². The summed E-state index contributed by atoms with van der Waals surface area (Å²) < 4.78 is 0. The lowest BCUT2D eigenvalue weighted by atomic mass is 10.1. The van der Waals surface area contributed by atoms with Gasteiger partial charge in [-0.25, -0.2) is 0 Å². The molecule has 9 heteroatoms. The van der Waals surface area contributed by atoms with Crippen molar-refractivity contribution in [1.82, 2.24) is 4.90 Å². The summed E-state index contributed by atoms with van der Waals surface area (Å²) in [5.74, 6) is -0.496. The van der Waals surface area contributed by atoms with Crippen molar-refractivity contribution in [3.05, 3.63) is 78.2 Å². The van der Waals surface area contributed by atoms with E-state index >= 15 is 0 Å². The normalized spacial score (nSPS) is 15.7. The van der Waals surface area contributed by atoms with Crippen molar-refractivity contribution < 1.29 is 14.5 Å². The number of rotatable bonds is 4. The van der Waals surface area contributed by atoms with Crippen LogP contribution in [0.25, 0.3) is 6.08 Å². The minimum atomic E-state index is -0.496. The molecular weight excluding hydrogens is 411 g/mol. The van der Waals surface area contributed by atoms with Gasteiger partial charge in [0, 0.05) is 27.2 Å². The highest BCUT2D eigenvalue weighted by Gasteiger charge is 2.35. The van der Waals surface area contributed by atoms with E-state index in [4.69, 9.17) is 23.2 Å². The van der Waals surface area contributed by atoms with Crippen molar-refractivity contribution in [2.45, 2.75) is 13.5 Å². The van der Waals surface area contributed by atoms with E-state index in [9.17, 15) is 19.7 Å². The fraction of sp³-hybridized carbons (Fsp3) is 0.111. The molecule has 0 bridgehead atoms. The van der Waals surface area contributed by atoms with Gasteiger partial charge in [0.15, 0.2) is 0 Å². The number of benzene rings is 2. The Kier molecular flexibility index (Phi) is 5.55. The highest BCUT2D eigenvalue weighted by molar-refractivity contribution is 8.18. The number of thioether (sulfide) groups is 1. The Labute approximate surface area is 168 Å². The molecule has 2 amide bonds. The zero-order chi connectivity index (χ0) is 19.7. The Morgan fingerprint density at radius 3 is 2.48 bits per heavy atom. The molecule has 0 aromatic heterocycles. The van der Waals surface area contributed by atoms with Crippen LogP contribution in [-0.2, 0) is 11.3 Å². The number of amides is 2. The summed E-state index contributed by atoms with van der Waals surface area (Å²) in [5.41, 5.74) is 1.41. The van der Waals surface area contributed by atoms with E-state index in [0.29, 0.717) is 26.7 Å². The molecule has 0 saturated carbocycles.